The van der Waals surface area contributed by atoms with E-state index < -0.39 is 5.97 Å². The van der Waals surface area contributed by atoms with Crippen LogP contribution < -0.4 is 5.32 Å². The highest BCUT2D eigenvalue weighted by Crippen LogP contribution is 2.14. The Morgan fingerprint density at radius 2 is 1.83 bits per heavy atom. The molecular weight excluding hydrogens is 316 g/mol. The van der Waals surface area contributed by atoms with Crippen molar-refractivity contribution in [2.24, 2.45) is 0 Å². The van der Waals surface area contributed by atoms with Crippen LogP contribution in [-0.2, 0) is 9.53 Å². The Morgan fingerprint density at radius 1 is 1.13 bits per heavy atom. The Morgan fingerprint density at radius 3 is 2.39 bits per heavy atom. The number of benzene rings is 1. The van der Waals surface area contributed by atoms with E-state index in [9.17, 15) is 14.4 Å². The first-order valence-corrected chi connectivity index (χ1v) is 7.67. The minimum atomic E-state index is -0.587. The second kappa shape index (κ2) is 7.55. The molecule has 0 aliphatic carbocycles. The van der Waals surface area contributed by atoms with Gasteiger partial charge in [-0.25, -0.2) is 4.79 Å². The lowest BCUT2D eigenvalue weighted by molar-refractivity contribution is -0.131. The van der Waals surface area contributed by atoms with E-state index in [1.54, 1.807) is 38.4 Å². The molecule has 1 heterocycles. The van der Waals surface area contributed by atoms with Gasteiger partial charge in [0.25, 0.3) is 11.8 Å². The summed E-state index contributed by atoms with van der Waals surface area (Å²) in [6, 6.07) is 9.81. The lowest BCUT2D eigenvalue weighted by Crippen LogP contribution is -2.27. The van der Waals surface area contributed by atoms with Gasteiger partial charge in [-0.05, 0) is 35.7 Å². The summed E-state index contributed by atoms with van der Waals surface area (Å²) in [4.78, 5) is 37.0. The molecule has 0 aliphatic heterocycles. The molecule has 6 nitrogen and oxygen atoms in total. The zero-order valence-corrected chi connectivity index (χ0v) is 13.6. The fraction of sp³-hybridized carbons (Fsp3) is 0.188. The molecule has 0 spiro atoms. The molecule has 120 valence electrons. The van der Waals surface area contributed by atoms with Gasteiger partial charge in [-0.2, -0.15) is 0 Å². The van der Waals surface area contributed by atoms with Gasteiger partial charge in [0.05, 0.1) is 10.4 Å². The fourth-order valence-corrected chi connectivity index (χ4v) is 2.25. The highest BCUT2D eigenvalue weighted by molar-refractivity contribution is 7.12. The maximum atomic E-state index is 11.9. The number of ether oxygens (including phenoxy) is 1. The molecular formula is C16H16N2O4S. The molecule has 2 rings (SSSR count). The molecule has 7 heteroatoms. The van der Waals surface area contributed by atoms with Crippen molar-refractivity contribution in [3.05, 3.63) is 52.2 Å². The number of carbonyl (C=O) groups is 3. The summed E-state index contributed by atoms with van der Waals surface area (Å²) in [5.41, 5.74) is 0.884. The molecule has 0 bridgehead atoms. The molecule has 2 amide bonds. The van der Waals surface area contributed by atoms with Crippen molar-refractivity contribution in [2.45, 2.75) is 0 Å². The first kappa shape index (κ1) is 16.7. The number of anilines is 1. The quantitative estimate of drug-likeness (QED) is 0.852. The normalized spacial score (nSPS) is 10.0. The number of amides is 2. The smallest absolute Gasteiger partial charge is 0.338 e. The van der Waals surface area contributed by atoms with Gasteiger partial charge < -0.3 is 15.0 Å². The number of esters is 1. The molecule has 0 saturated heterocycles. The molecule has 1 aromatic heterocycles. The summed E-state index contributed by atoms with van der Waals surface area (Å²) >= 11 is 1.35. The molecule has 2 aromatic rings. The Kier molecular flexibility index (Phi) is 5.48. The van der Waals surface area contributed by atoms with Crippen LogP contribution in [0.25, 0.3) is 0 Å². The van der Waals surface area contributed by atoms with Crippen molar-refractivity contribution in [3.63, 3.8) is 0 Å². The predicted octanol–water partition coefficient (Wildman–Crippen LogP) is 2.25. The standard InChI is InChI=1S/C16H16N2O4S/c1-18(2)14(19)10-22-16(21)11-5-7-12(8-6-11)17-15(20)13-4-3-9-23-13/h3-9H,10H2,1-2H3,(H,17,20). The molecule has 1 aromatic carbocycles. The van der Waals surface area contributed by atoms with Gasteiger partial charge in [-0.15, -0.1) is 11.3 Å². The molecule has 0 unspecified atom stereocenters. The second-order valence-electron chi connectivity index (χ2n) is 4.87. The summed E-state index contributed by atoms with van der Waals surface area (Å²) in [5.74, 6) is -1.08. The lowest BCUT2D eigenvalue weighted by atomic mass is 10.2. The molecule has 0 atom stereocenters. The lowest BCUT2D eigenvalue weighted by Gasteiger charge is -2.10. The summed E-state index contributed by atoms with van der Waals surface area (Å²) in [6.07, 6.45) is 0. The number of rotatable bonds is 5. The Hall–Kier alpha value is -2.67. The zero-order valence-electron chi connectivity index (χ0n) is 12.7. The van der Waals surface area contributed by atoms with Crippen molar-refractivity contribution in [1.82, 2.24) is 4.90 Å². The molecule has 23 heavy (non-hydrogen) atoms. The Balaban J connectivity index is 1.92. The topological polar surface area (TPSA) is 75.7 Å². The maximum absolute atomic E-state index is 11.9. The van der Waals surface area contributed by atoms with Gasteiger partial charge in [0.2, 0.25) is 0 Å². The van der Waals surface area contributed by atoms with Crippen molar-refractivity contribution in [1.29, 1.82) is 0 Å². The average Bonchev–Trinajstić information content (AvgIpc) is 3.07. The van der Waals surface area contributed by atoms with Crippen LogP contribution in [0.15, 0.2) is 41.8 Å². The summed E-state index contributed by atoms with van der Waals surface area (Å²) < 4.78 is 4.92. The SMILES string of the molecule is CN(C)C(=O)COC(=O)c1ccc(NC(=O)c2cccs2)cc1. The van der Waals surface area contributed by atoms with Crippen LogP contribution in [-0.4, -0.2) is 43.4 Å². The van der Waals surface area contributed by atoms with Crippen LogP contribution in [0.3, 0.4) is 0 Å². The molecule has 0 fully saturated rings. The van der Waals surface area contributed by atoms with Gasteiger partial charge in [0.15, 0.2) is 6.61 Å². The van der Waals surface area contributed by atoms with Gasteiger partial charge in [0.1, 0.15) is 0 Å². The number of likely N-dealkylation sites (N-methyl/N-ethyl adjacent to an activating group) is 1. The van der Waals surface area contributed by atoms with E-state index in [0.717, 1.165) is 0 Å². The third kappa shape index (κ3) is 4.65. The van der Waals surface area contributed by atoms with Gasteiger partial charge >= 0.3 is 5.97 Å². The fourth-order valence-electron chi connectivity index (χ4n) is 1.63. The van der Waals surface area contributed by atoms with Gasteiger partial charge in [-0.1, -0.05) is 6.07 Å². The van der Waals surface area contributed by atoms with E-state index >= 15 is 0 Å². The van der Waals surface area contributed by atoms with E-state index in [0.29, 0.717) is 16.1 Å². The number of thiophene rings is 1. The minimum Gasteiger partial charge on any atom is -0.452 e. The van der Waals surface area contributed by atoms with Gasteiger partial charge in [-0.3, -0.25) is 9.59 Å². The van der Waals surface area contributed by atoms with Crippen LogP contribution in [0.2, 0.25) is 0 Å². The number of nitrogens with zero attached hydrogens (tertiary/aromatic N) is 1. The van der Waals surface area contributed by atoms with Crippen molar-refractivity contribution < 1.29 is 19.1 Å². The summed E-state index contributed by atoms with van der Waals surface area (Å²) in [7, 11) is 3.17. The summed E-state index contributed by atoms with van der Waals surface area (Å²) in [6.45, 7) is -0.303. The van der Waals surface area contributed by atoms with Crippen LogP contribution in [0.1, 0.15) is 20.0 Å². The third-order valence-corrected chi connectivity index (χ3v) is 3.82. The minimum absolute atomic E-state index is 0.202. The highest BCUT2D eigenvalue weighted by atomic mass is 32.1. The molecule has 1 N–H and O–H groups in total. The van der Waals surface area contributed by atoms with Crippen molar-refractivity contribution >= 4 is 34.8 Å². The van der Waals surface area contributed by atoms with Crippen LogP contribution in [0, 0.1) is 0 Å². The van der Waals surface area contributed by atoms with Crippen molar-refractivity contribution in [3.8, 4) is 0 Å². The summed E-state index contributed by atoms with van der Waals surface area (Å²) in [5, 5.41) is 4.56. The van der Waals surface area contributed by atoms with E-state index in [4.69, 9.17) is 4.74 Å². The first-order valence-electron chi connectivity index (χ1n) is 6.79. The second-order valence-corrected chi connectivity index (χ2v) is 5.82. The third-order valence-electron chi connectivity index (χ3n) is 2.95. The van der Waals surface area contributed by atoms with E-state index in [1.165, 1.54) is 28.4 Å². The van der Waals surface area contributed by atoms with Gasteiger partial charge in [0, 0.05) is 19.8 Å². The van der Waals surface area contributed by atoms with E-state index in [1.807, 2.05) is 5.38 Å². The number of nitrogens with one attached hydrogen (secondary N) is 1. The average molecular weight is 332 g/mol. The van der Waals surface area contributed by atoms with Crippen LogP contribution >= 0.6 is 11.3 Å². The number of carbonyl (C=O) groups excluding carboxylic acids is 3. The molecule has 0 radical (unpaired) electrons. The van der Waals surface area contributed by atoms with Crippen LogP contribution in [0.5, 0.6) is 0 Å². The molecule has 0 saturated carbocycles. The first-order chi connectivity index (χ1) is 11.0. The molecule has 0 aliphatic rings. The van der Waals surface area contributed by atoms with E-state index in [-0.39, 0.29) is 18.4 Å². The van der Waals surface area contributed by atoms with Crippen molar-refractivity contribution in [2.75, 3.05) is 26.0 Å². The number of hydrogen-bond donors (Lipinski definition) is 1. The number of hydrogen-bond acceptors (Lipinski definition) is 5. The monoisotopic (exact) mass is 332 g/mol. The largest absolute Gasteiger partial charge is 0.452 e. The Bertz CT molecular complexity index is 693. The zero-order chi connectivity index (χ0) is 16.8. The van der Waals surface area contributed by atoms with E-state index in [2.05, 4.69) is 5.32 Å². The Labute approximate surface area is 137 Å². The van der Waals surface area contributed by atoms with Crippen LogP contribution in [0.4, 0.5) is 5.69 Å². The highest BCUT2D eigenvalue weighted by Gasteiger charge is 2.12. The predicted molar refractivity (Wildman–Crippen MR) is 87.7 cm³/mol. The maximum Gasteiger partial charge on any atom is 0.338 e.